The molecule has 0 aromatic heterocycles. The van der Waals surface area contributed by atoms with Crippen LogP contribution in [0.5, 0.6) is 0 Å². The van der Waals surface area contributed by atoms with Gasteiger partial charge in [-0.2, -0.15) is 0 Å². The van der Waals surface area contributed by atoms with Crippen molar-refractivity contribution >= 4 is 0 Å². The number of allylic oxidation sites excluding steroid dienone is 1. The minimum absolute atomic E-state index is 0.740. The Labute approximate surface area is 114 Å². The molecule has 0 bridgehead atoms. The van der Waals surface area contributed by atoms with Crippen LogP contribution in [-0.4, -0.2) is 36.6 Å². The second-order valence-electron chi connectivity index (χ2n) is 5.92. The Kier molecular flexibility index (Phi) is 7.60. The van der Waals surface area contributed by atoms with Crippen molar-refractivity contribution in [3.63, 3.8) is 0 Å². The predicted octanol–water partition coefficient (Wildman–Crippen LogP) is 3.59. The van der Waals surface area contributed by atoms with Gasteiger partial charge in [0.1, 0.15) is 0 Å². The molecule has 2 heteroatoms. The van der Waals surface area contributed by atoms with Gasteiger partial charge in [0.15, 0.2) is 0 Å². The highest BCUT2D eigenvalue weighted by Crippen LogP contribution is 2.13. The molecule has 1 fully saturated rings. The molecule has 1 heterocycles. The highest BCUT2D eigenvalue weighted by molar-refractivity contribution is 4.95. The van der Waals surface area contributed by atoms with Crippen molar-refractivity contribution in [2.75, 3.05) is 19.6 Å². The lowest BCUT2D eigenvalue weighted by atomic mass is 10.0. The van der Waals surface area contributed by atoms with E-state index in [0.29, 0.717) is 0 Å². The molecule has 0 aromatic rings. The summed E-state index contributed by atoms with van der Waals surface area (Å²) in [5.41, 5.74) is 1.43. The van der Waals surface area contributed by atoms with E-state index in [1.807, 2.05) is 0 Å². The second kappa shape index (κ2) is 8.71. The number of piperidine rings is 1. The summed E-state index contributed by atoms with van der Waals surface area (Å²) in [6, 6.07) is 1.49. The van der Waals surface area contributed by atoms with E-state index in [4.69, 9.17) is 0 Å². The number of hydrogen-bond donors (Lipinski definition) is 1. The van der Waals surface area contributed by atoms with Gasteiger partial charge in [0.25, 0.3) is 0 Å². The molecule has 0 spiro atoms. The Morgan fingerprint density at radius 1 is 1.28 bits per heavy atom. The Bertz CT molecular complexity index is 235. The lowest BCUT2D eigenvalue weighted by Gasteiger charge is -2.34. The van der Waals surface area contributed by atoms with Crippen LogP contribution in [0.1, 0.15) is 59.8 Å². The van der Waals surface area contributed by atoms with Gasteiger partial charge in [-0.25, -0.2) is 0 Å². The van der Waals surface area contributed by atoms with E-state index in [1.54, 1.807) is 0 Å². The van der Waals surface area contributed by atoms with E-state index in [0.717, 1.165) is 18.6 Å². The molecule has 0 saturated carbocycles. The molecule has 0 amide bonds. The van der Waals surface area contributed by atoms with Crippen LogP contribution >= 0.6 is 0 Å². The minimum atomic E-state index is 0.740. The fourth-order valence-electron chi connectivity index (χ4n) is 2.68. The predicted molar refractivity (Wildman–Crippen MR) is 81.0 cm³/mol. The molecule has 1 saturated heterocycles. The largest absolute Gasteiger partial charge is 0.311 e. The fraction of sp³-hybridized carbons (Fsp3) is 0.875. The lowest BCUT2D eigenvalue weighted by Crippen LogP contribution is -2.46. The van der Waals surface area contributed by atoms with E-state index in [2.05, 4.69) is 44.0 Å². The molecule has 0 aliphatic carbocycles. The summed E-state index contributed by atoms with van der Waals surface area (Å²) in [6.07, 6.45) is 8.87. The molecule has 0 radical (unpaired) electrons. The number of rotatable bonds is 7. The van der Waals surface area contributed by atoms with Crippen molar-refractivity contribution in [1.29, 1.82) is 0 Å². The van der Waals surface area contributed by atoms with Gasteiger partial charge in [-0.05, 0) is 52.6 Å². The van der Waals surface area contributed by atoms with Crippen LogP contribution in [0, 0.1) is 0 Å². The average molecular weight is 252 g/mol. The third-order valence-corrected chi connectivity index (χ3v) is 3.95. The van der Waals surface area contributed by atoms with E-state index in [-0.39, 0.29) is 0 Å². The maximum atomic E-state index is 3.85. The summed E-state index contributed by atoms with van der Waals surface area (Å²) in [5, 5.41) is 3.85. The number of nitrogens with zero attached hydrogens (tertiary/aromatic N) is 1. The number of nitrogens with one attached hydrogen (secondary N) is 1. The van der Waals surface area contributed by atoms with Gasteiger partial charge >= 0.3 is 0 Å². The van der Waals surface area contributed by atoms with Crippen molar-refractivity contribution < 1.29 is 0 Å². The van der Waals surface area contributed by atoms with Gasteiger partial charge in [-0.3, -0.25) is 4.90 Å². The number of hydrogen-bond acceptors (Lipinski definition) is 2. The first-order chi connectivity index (χ1) is 8.65. The topological polar surface area (TPSA) is 15.3 Å². The first-order valence-electron chi connectivity index (χ1n) is 7.77. The van der Waals surface area contributed by atoms with Crippen molar-refractivity contribution in [2.45, 2.75) is 71.9 Å². The molecule has 0 aromatic carbocycles. The maximum absolute atomic E-state index is 3.85. The molecule has 1 aliphatic heterocycles. The molecule has 1 N–H and O–H groups in total. The van der Waals surface area contributed by atoms with Crippen LogP contribution in [-0.2, 0) is 0 Å². The normalized spacial score (nSPS) is 19.8. The van der Waals surface area contributed by atoms with Gasteiger partial charge in [0.2, 0.25) is 0 Å². The number of likely N-dealkylation sites (tertiary alicyclic amines) is 1. The first kappa shape index (κ1) is 15.7. The van der Waals surface area contributed by atoms with Crippen LogP contribution in [0.3, 0.4) is 0 Å². The Morgan fingerprint density at radius 2 is 1.94 bits per heavy atom. The monoisotopic (exact) mass is 252 g/mol. The Balaban J connectivity index is 2.24. The van der Waals surface area contributed by atoms with E-state index in [1.165, 1.54) is 50.8 Å². The molecule has 1 unspecified atom stereocenters. The van der Waals surface area contributed by atoms with Crippen LogP contribution in [0.2, 0.25) is 0 Å². The highest BCUT2D eigenvalue weighted by Gasteiger charge is 2.20. The summed E-state index contributed by atoms with van der Waals surface area (Å²) >= 11 is 0. The average Bonchev–Trinajstić information content (AvgIpc) is 2.37. The van der Waals surface area contributed by atoms with Crippen molar-refractivity contribution in [1.82, 2.24) is 10.2 Å². The molecule has 1 aliphatic rings. The summed E-state index contributed by atoms with van der Waals surface area (Å²) in [5.74, 6) is 0. The van der Waals surface area contributed by atoms with Crippen LogP contribution in [0.4, 0.5) is 0 Å². The van der Waals surface area contributed by atoms with Crippen molar-refractivity contribution in [3.05, 3.63) is 11.6 Å². The van der Waals surface area contributed by atoms with Crippen molar-refractivity contribution in [2.24, 2.45) is 0 Å². The SMILES string of the molecule is CCCC(CC)NC1CCN(CC=C(C)C)CC1. The van der Waals surface area contributed by atoms with Crippen molar-refractivity contribution in [3.8, 4) is 0 Å². The Hall–Kier alpha value is -0.340. The fourth-order valence-corrected chi connectivity index (χ4v) is 2.68. The molecular formula is C16H32N2. The van der Waals surface area contributed by atoms with Gasteiger partial charge in [0.05, 0.1) is 0 Å². The third-order valence-electron chi connectivity index (χ3n) is 3.95. The Morgan fingerprint density at radius 3 is 2.44 bits per heavy atom. The van der Waals surface area contributed by atoms with Gasteiger partial charge in [-0.1, -0.05) is 31.9 Å². The van der Waals surface area contributed by atoms with Gasteiger partial charge in [0, 0.05) is 18.6 Å². The second-order valence-corrected chi connectivity index (χ2v) is 5.92. The molecular weight excluding hydrogens is 220 g/mol. The van der Waals surface area contributed by atoms with E-state index >= 15 is 0 Å². The van der Waals surface area contributed by atoms with Crippen LogP contribution < -0.4 is 5.32 Å². The molecule has 2 nitrogen and oxygen atoms in total. The summed E-state index contributed by atoms with van der Waals surface area (Å²) in [7, 11) is 0. The van der Waals surface area contributed by atoms with Crippen LogP contribution in [0.15, 0.2) is 11.6 Å². The quantitative estimate of drug-likeness (QED) is 0.697. The highest BCUT2D eigenvalue weighted by atomic mass is 15.1. The molecule has 106 valence electrons. The first-order valence-corrected chi connectivity index (χ1v) is 7.77. The summed E-state index contributed by atoms with van der Waals surface area (Å²) in [4.78, 5) is 2.58. The van der Waals surface area contributed by atoms with Gasteiger partial charge in [-0.15, -0.1) is 0 Å². The smallest absolute Gasteiger partial charge is 0.0165 e. The van der Waals surface area contributed by atoms with E-state index in [9.17, 15) is 0 Å². The zero-order chi connectivity index (χ0) is 13.4. The zero-order valence-corrected chi connectivity index (χ0v) is 12.8. The van der Waals surface area contributed by atoms with Crippen LogP contribution in [0.25, 0.3) is 0 Å². The molecule has 1 rings (SSSR count). The maximum Gasteiger partial charge on any atom is 0.0165 e. The zero-order valence-electron chi connectivity index (χ0n) is 12.8. The summed E-state index contributed by atoms with van der Waals surface area (Å²) in [6.45, 7) is 12.6. The molecule has 18 heavy (non-hydrogen) atoms. The third kappa shape index (κ3) is 6.01. The lowest BCUT2D eigenvalue weighted by molar-refractivity contribution is 0.203. The molecule has 1 atom stereocenters. The van der Waals surface area contributed by atoms with Gasteiger partial charge < -0.3 is 5.32 Å². The van der Waals surface area contributed by atoms with E-state index < -0.39 is 0 Å². The minimum Gasteiger partial charge on any atom is -0.311 e. The standard InChI is InChI=1S/C16H32N2/c1-5-7-15(6-2)17-16-9-12-18(13-10-16)11-8-14(3)4/h8,15-17H,5-7,9-13H2,1-4H3. The summed E-state index contributed by atoms with van der Waals surface area (Å²) < 4.78 is 0.